The number of halogens is 1. The Labute approximate surface area is 101 Å². The lowest BCUT2D eigenvalue weighted by molar-refractivity contribution is 0.0374. The van der Waals surface area contributed by atoms with E-state index in [0.717, 1.165) is 12.0 Å². The lowest BCUT2D eigenvalue weighted by atomic mass is 10.1. The summed E-state index contributed by atoms with van der Waals surface area (Å²) in [5.74, 6) is -0.197. The lowest BCUT2D eigenvalue weighted by Gasteiger charge is -2.11. The lowest BCUT2D eigenvalue weighted by Crippen LogP contribution is -2.18. The van der Waals surface area contributed by atoms with Crippen LogP contribution in [0.3, 0.4) is 0 Å². The van der Waals surface area contributed by atoms with Gasteiger partial charge in [0.05, 0.1) is 19.8 Å². The molecule has 1 atom stereocenters. The molecule has 1 aromatic rings. The van der Waals surface area contributed by atoms with Crippen LogP contribution in [0.15, 0.2) is 18.2 Å². The van der Waals surface area contributed by atoms with E-state index in [-0.39, 0.29) is 12.4 Å². The summed E-state index contributed by atoms with van der Waals surface area (Å²) in [5.41, 5.74) is 0.732. The molecule has 4 heteroatoms. The van der Waals surface area contributed by atoms with E-state index in [1.807, 2.05) is 6.92 Å². The van der Waals surface area contributed by atoms with Crippen molar-refractivity contribution in [1.29, 1.82) is 0 Å². The fraction of sp³-hybridized carbons (Fsp3) is 0.538. The summed E-state index contributed by atoms with van der Waals surface area (Å²) in [6.07, 6.45) is 0.698. The number of hydrogen-bond donors (Lipinski definition) is 1. The summed E-state index contributed by atoms with van der Waals surface area (Å²) in [4.78, 5) is 0. The van der Waals surface area contributed by atoms with Crippen molar-refractivity contribution in [2.24, 2.45) is 0 Å². The van der Waals surface area contributed by atoms with Gasteiger partial charge in [-0.05, 0) is 24.1 Å². The zero-order chi connectivity index (χ0) is 12.7. The van der Waals surface area contributed by atoms with Gasteiger partial charge in [0.15, 0.2) is 11.6 Å². The average molecular weight is 242 g/mol. The smallest absolute Gasteiger partial charge is 0.165 e. The summed E-state index contributed by atoms with van der Waals surface area (Å²) < 4.78 is 23.4. The second-order valence-corrected chi connectivity index (χ2v) is 3.90. The Hall–Kier alpha value is -1.13. The third-order valence-corrected chi connectivity index (χ3v) is 2.35. The highest BCUT2D eigenvalue weighted by Gasteiger charge is 2.08. The Bertz CT molecular complexity index is 341. The van der Waals surface area contributed by atoms with Gasteiger partial charge in [0.25, 0.3) is 0 Å². The fourth-order valence-electron chi connectivity index (χ4n) is 1.53. The van der Waals surface area contributed by atoms with E-state index in [0.29, 0.717) is 13.0 Å². The molecule has 96 valence electrons. The number of rotatable bonds is 7. The topological polar surface area (TPSA) is 38.7 Å². The van der Waals surface area contributed by atoms with Gasteiger partial charge in [-0.1, -0.05) is 13.0 Å². The summed E-state index contributed by atoms with van der Waals surface area (Å²) in [6, 6.07) is 4.68. The Kier molecular flexibility index (Phi) is 5.94. The molecule has 0 spiro atoms. The van der Waals surface area contributed by atoms with Crippen LogP contribution in [0.1, 0.15) is 18.9 Å². The Morgan fingerprint density at radius 3 is 2.76 bits per heavy atom. The van der Waals surface area contributed by atoms with Gasteiger partial charge < -0.3 is 14.6 Å². The van der Waals surface area contributed by atoms with Crippen molar-refractivity contribution < 1.29 is 19.0 Å². The Morgan fingerprint density at radius 1 is 1.41 bits per heavy atom. The highest BCUT2D eigenvalue weighted by atomic mass is 19.1. The van der Waals surface area contributed by atoms with Gasteiger partial charge in [0.2, 0.25) is 0 Å². The molecule has 0 aliphatic rings. The molecule has 0 fully saturated rings. The number of hydrogen-bond acceptors (Lipinski definition) is 3. The van der Waals surface area contributed by atoms with Crippen molar-refractivity contribution in [3.8, 4) is 5.75 Å². The number of methoxy groups -OCH3 is 1. The minimum Gasteiger partial charge on any atom is -0.494 e. The van der Waals surface area contributed by atoms with Gasteiger partial charge in [0.1, 0.15) is 0 Å². The molecule has 0 aliphatic heterocycles. The normalized spacial score (nSPS) is 12.5. The third-order valence-electron chi connectivity index (χ3n) is 2.35. The molecule has 0 amide bonds. The zero-order valence-corrected chi connectivity index (χ0v) is 10.3. The average Bonchev–Trinajstić information content (AvgIpc) is 2.29. The van der Waals surface area contributed by atoms with Crippen LogP contribution < -0.4 is 4.74 Å². The Balaban J connectivity index is 2.48. The zero-order valence-electron chi connectivity index (χ0n) is 10.3. The number of ether oxygens (including phenoxy) is 2. The van der Waals surface area contributed by atoms with Crippen molar-refractivity contribution in [3.05, 3.63) is 29.6 Å². The van der Waals surface area contributed by atoms with Gasteiger partial charge in [0, 0.05) is 13.0 Å². The molecule has 0 bridgehead atoms. The minimum atomic E-state index is -0.602. The Morgan fingerprint density at radius 2 is 2.18 bits per heavy atom. The number of aliphatic hydroxyl groups is 1. The SMILES string of the molecule is CCCOCC(O)Cc1ccc(OC)c(F)c1. The molecule has 0 heterocycles. The first-order chi connectivity index (χ1) is 8.17. The van der Waals surface area contributed by atoms with Gasteiger partial charge in [-0.25, -0.2) is 4.39 Å². The van der Waals surface area contributed by atoms with E-state index < -0.39 is 11.9 Å². The van der Waals surface area contributed by atoms with Crippen LogP contribution in [-0.2, 0) is 11.2 Å². The maximum Gasteiger partial charge on any atom is 0.165 e. The quantitative estimate of drug-likeness (QED) is 0.745. The molecule has 3 nitrogen and oxygen atoms in total. The second-order valence-electron chi connectivity index (χ2n) is 3.90. The van der Waals surface area contributed by atoms with Gasteiger partial charge in [-0.2, -0.15) is 0 Å². The molecule has 1 unspecified atom stereocenters. The monoisotopic (exact) mass is 242 g/mol. The number of aliphatic hydroxyl groups excluding tert-OH is 1. The van der Waals surface area contributed by atoms with E-state index in [4.69, 9.17) is 9.47 Å². The van der Waals surface area contributed by atoms with Crippen molar-refractivity contribution in [1.82, 2.24) is 0 Å². The first-order valence-corrected chi connectivity index (χ1v) is 5.75. The molecular formula is C13H19FO3. The highest BCUT2D eigenvalue weighted by Crippen LogP contribution is 2.18. The standard InChI is InChI=1S/C13H19FO3/c1-3-6-17-9-11(15)7-10-4-5-13(16-2)12(14)8-10/h4-5,8,11,15H,3,6-7,9H2,1-2H3. The highest BCUT2D eigenvalue weighted by molar-refractivity contribution is 5.29. The molecule has 0 radical (unpaired) electrons. The molecule has 1 rings (SSSR count). The van der Waals surface area contributed by atoms with Crippen molar-refractivity contribution >= 4 is 0 Å². The van der Waals surface area contributed by atoms with Gasteiger partial charge in [-0.3, -0.25) is 0 Å². The maximum atomic E-state index is 13.4. The van der Waals surface area contributed by atoms with Crippen LogP contribution in [0.2, 0.25) is 0 Å². The van der Waals surface area contributed by atoms with Crippen LogP contribution in [-0.4, -0.2) is 31.5 Å². The first kappa shape index (κ1) is 13.9. The van der Waals surface area contributed by atoms with Crippen LogP contribution in [0, 0.1) is 5.82 Å². The van der Waals surface area contributed by atoms with Crippen LogP contribution in [0.4, 0.5) is 4.39 Å². The molecule has 0 aromatic heterocycles. The van der Waals surface area contributed by atoms with Gasteiger partial charge >= 0.3 is 0 Å². The second kappa shape index (κ2) is 7.25. The van der Waals surface area contributed by atoms with E-state index >= 15 is 0 Å². The van der Waals surface area contributed by atoms with E-state index in [1.54, 1.807) is 12.1 Å². The van der Waals surface area contributed by atoms with Gasteiger partial charge in [-0.15, -0.1) is 0 Å². The van der Waals surface area contributed by atoms with E-state index in [9.17, 15) is 9.50 Å². The van der Waals surface area contributed by atoms with Crippen LogP contribution in [0.5, 0.6) is 5.75 Å². The van der Waals surface area contributed by atoms with Crippen LogP contribution in [0.25, 0.3) is 0 Å². The summed E-state index contributed by atoms with van der Waals surface area (Å²) in [7, 11) is 1.42. The molecule has 0 saturated carbocycles. The molecule has 0 aliphatic carbocycles. The fourth-order valence-corrected chi connectivity index (χ4v) is 1.53. The predicted octanol–water partition coefficient (Wildman–Crippen LogP) is 2.16. The van der Waals surface area contributed by atoms with Crippen LogP contribution >= 0.6 is 0 Å². The molecule has 1 aromatic carbocycles. The third kappa shape index (κ3) is 4.71. The largest absolute Gasteiger partial charge is 0.494 e. The summed E-state index contributed by atoms with van der Waals surface area (Å²) >= 11 is 0. The van der Waals surface area contributed by atoms with Crippen molar-refractivity contribution in [2.75, 3.05) is 20.3 Å². The summed E-state index contributed by atoms with van der Waals surface area (Å²) in [5, 5.41) is 9.67. The first-order valence-electron chi connectivity index (χ1n) is 5.75. The minimum absolute atomic E-state index is 0.213. The maximum absolute atomic E-state index is 13.4. The van der Waals surface area contributed by atoms with Crippen molar-refractivity contribution in [2.45, 2.75) is 25.9 Å². The molecule has 1 N–H and O–H groups in total. The molecule has 17 heavy (non-hydrogen) atoms. The predicted molar refractivity (Wildman–Crippen MR) is 63.8 cm³/mol. The summed E-state index contributed by atoms with van der Waals surface area (Å²) in [6.45, 7) is 2.92. The van der Waals surface area contributed by atoms with Crippen molar-refractivity contribution in [3.63, 3.8) is 0 Å². The molecular weight excluding hydrogens is 223 g/mol. The van der Waals surface area contributed by atoms with E-state index in [2.05, 4.69) is 0 Å². The number of benzene rings is 1. The van der Waals surface area contributed by atoms with E-state index in [1.165, 1.54) is 13.2 Å². The molecule has 0 saturated heterocycles.